The Hall–Kier alpha value is -1.90. The minimum atomic E-state index is -2.53. The van der Waals surface area contributed by atoms with Gasteiger partial charge in [0.05, 0.1) is 17.0 Å². The maximum Gasteiger partial charge on any atom is 0.309 e. The van der Waals surface area contributed by atoms with Crippen LogP contribution in [-0.4, -0.2) is 32.2 Å². The molecule has 1 aliphatic carbocycles. The molecule has 1 atom stereocenters. The number of hydrogen-bond donors (Lipinski definition) is 1. The third kappa shape index (κ3) is 3.56. The molecule has 2 heterocycles. The van der Waals surface area contributed by atoms with Crippen molar-refractivity contribution in [3.63, 3.8) is 0 Å². The highest BCUT2D eigenvalue weighted by molar-refractivity contribution is 7.13. The summed E-state index contributed by atoms with van der Waals surface area (Å²) in [4.78, 5) is 15.7. The van der Waals surface area contributed by atoms with E-state index < -0.39 is 23.2 Å². The smallest absolute Gasteiger partial charge is 0.309 e. The highest BCUT2D eigenvalue weighted by Gasteiger charge is 2.45. The van der Waals surface area contributed by atoms with Gasteiger partial charge < -0.3 is 9.52 Å². The Morgan fingerprint density at radius 3 is 2.76 bits per heavy atom. The molecule has 3 rings (SSSR count). The molecule has 1 N–H and O–H groups in total. The number of aliphatic carboxylic acids is 1. The number of carboxylic acid groups (broad SMARTS) is 1. The zero-order valence-corrected chi connectivity index (χ0v) is 14.9. The van der Waals surface area contributed by atoms with Crippen molar-refractivity contribution in [2.75, 3.05) is 0 Å². The summed E-state index contributed by atoms with van der Waals surface area (Å²) >= 11 is 1.31. The van der Waals surface area contributed by atoms with E-state index in [4.69, 9.17) is 4.42 Å². The maximum atomic E-state index is 12.9. The number of rotatable bonds is 6. The van der Waals surface area contributed by atoms with Crippen LogP contribution in [0.15, 0.2) is 9.80 Å². The van der Waals surface area contributed by atoms with Crippen LogP contribution in [0, 0.1) is 11.3 Å². The zero-order chi connectivity index (χ0) is 18.4. The topological polar surface area (TPSA) is 89.1 Å². The van der Waals surface area contributed by atoms with Crippen LogP contribution in [0.4, 0.5) is 8.78 Å². The van der Waals surface area contributed by atoms with E-state index >= 15 is 0 Å². The summed E-state index contributed by atoms with van der Waals surface area (Å²) in [6.07, 6.45) is 0.328. The molecule has 25 heavy (non-hydrogen) atoms. The van der Waals surface area contributed by atoms with E-state index in [1.54, 1.807) is 26.2 Å². The van der Waals surface area contributed by atoms with Crippen molar-refractivity contribution in [3.8, 4) is 10.9 Å². The van der Waals surface area contributed by atoms with Crippen LogP contribution in [-0.2, 0) is 11.2 Å². The molecule has 0 radical (unpaired) electrons. The molecule has 0 aromatic carbocycles. The van der Waals surface area contributed by atoms with Gasteiger partial charge in [-0.25, -0.2) is 13.8 Å². The molecule has 2 aromatic heterocycles. The third-order valence-electron chi connectivity index (χ3n) is 4.85. The van der Waals surface area contributed by atoms with Gasteiger partial charge in [0.1, 0.15) is 0 Å². The summed E-state index contributed by atoms with van der Waals surface area (Å²) in [6.45, 7) is 4.91. The van der Waals surface area contributed by atoms with Gasteiger partial charge in [0.15, 0.2) is 5.01 Å². The molecule has 0 bridgehead atoms. The van der Waals surface area contributed by atoms with Crippen molar-refractivity contribution in [1.82, 2.24) is 15.2 Å². The second-order valence-electron chi connectivity index (χ2n) is 7.17. The molecule has 0 aliphatic heterocycles. The zero-order valence-electron chi connectivity index (χ0n) is 14.1. The lowest BCUT2D eigenvalue weighted by molar-refractivity contribution is -0.148. The van der Waals surface area contributed by atoms with Crippen LogP contribution in [0.2, 0.25) is 0 Å². The Kier molecular flexibility index (Phi) is 4.38. The number of nitrogens with zero attached hydrogens (tertiary/aromatic N) is 3. The van der Waals surface area contributed by atoms with Crippen LogP contribution >= 0.6 is 11.3 Å². The Balaban J connectivity index is 1.70. The SMILES string of the molecule is CC(c1nnc(-c2nc(CC3CC(F)(F)C3)cs2)o1)C(C)(C)C(=O)O. The first kappa shape index (κ1) is 17.9. The van der Waals surface area contributed by atoms with Gasteiger partial charge in [0.25, 0.3) is 5.89 Å². The van der Waals surface area contributed by atoms with E-state index in [2.05, 4.69) is 15.2 Å². The van der Waals surface area contributed by atoms with Gasteiger partial charge in [-0.05, 0) is 26.2 Å². The number of carbonyl (C=O) groups is 1. The fourth-order valence-corrected chi connectivity index (χ4v) is 3.46. The summed E-state index contributed by atoms with van der Waals surface area (Å²) in [6, 6.07) is 0. The molecule has 9 heteroatoms. The minimum absolute atomic E-state index is 0.0421. The monoisotopic (exact) mass is 371 g/mol. The van der Waals surface area contributed by atoms with E-state index in [9.17, 15) is 18.7 Å². The molecule has 1 unspecified atom stereocenters. The normalized spacial score (nSPS) is 18.8. The lowest BCUT2D eigenvalue weighted by Gasteiger charge is -2.34. The van der Waals surface area contributed by atoms with Gasteiger partial charge in [-0.1, -0.05) is 6.92 Å². The van der Waals surface area contributed by atoms with Crippen molar-refractivity contribution >= 4 is 17.3 Å². The van der Waals surface area contributed by atoms with Gasteiger partial charge in [-0.15, -0.1) is 21.5 Å². The molecular weight excluding hydrogens is 352 g/mol. The molecule has 0 spiro atoms. The van der Waals surface area contributed by atoms with Crippen LogP contribution in [0.3, 0.4) is 0 Å². The molecule has 136 valence electrons. The summed E-state index contributed by atoms with van der Waals surface area (Å²) in [5, 5.41) is 19.5. The highest BCUT2D eigenvalue weighted by Crippen LogP contribution is 2.44. The third-order valence-corrected chi connectivity index (χ3v) is 5.73. The fourth-order valence-electron chi connectivity index (χ4n) is 2.71. The summed E-state index contributed by atoms with van der Waals surface area (Å²) in [5.74, 6) is -3.54. The van der Waals surface area contributed by atoms with Gasteiger partial charge in [-0.2, -0.15) is 0 Å². The average molecular weight is 371 g/mol. The second kappa shape index (κ2) is 6.12. The summed E-state index contributed by atoms with van der Waals surface area (Å²) < 4.78 is 31.4. The molecule has 1 saturated carbocycles. The predicted molar refractivity (Wildman–Crippen MR) is 86.6 cm³/mol. The average Bonchev–Trinajstić information content (AvgIpc) is 3.12. The lowest BCUT2D eigenvalue weighted by Crippen LogP contribution is -2.36. The van der Waals surface area contributed by atoms with E-state index in [0.29, 0.717) is 11.4 Å². The van der Waals surface area contributed by atoms with Crippen molar-refractivity contribution < 1.29 is 23.1 Å². The van der Waals surface area contributed by atoms with Gasteiger partial charge in [-0.3, -0.25) is 4.79 Å². The van der Waals surface area contributed by atoms with Crippen LogP contribution in [0.25, 0.3) is 10.9 Å². The van der Waals surface area contributed by atoms with Crippen LogP contribution in [0.1, 0.15) is 51.1 Å². The standard InChI is InChI=1S/C16H19F2N3O3S/c1-8(15(2,3)14(22)23)11-20-21-12(24-11)13-19-10(7-25-13)4-9-5-16(17,18)6-9/h7-9H,4-6H2,1-3H3,(H,22,23). The minimum Gasteiger partial charge on any atom is -0.481 e. The largest absolute Gasteiger partial charge is 0.481 e. The Morgan fingerprint density at radius 2 is 2.16 bits per heavy atom. The Bertz CT molecular complexity index is 779. The number of hydrogen-bond acceptors (Lipinski definition) is 6. The number of aromatic nitrogens is 3. The van der Waals surface area contributed by atoms with Gasteiger partial charge in [0, 0.05) is 18.2 Å². The first-order valence-corrected chi connectivity index (χ1v) is 8.86. The lowest BCUT2D eigenvalue weighted by atomic mass is 9.79. The quantitative estimate of drug-likeness (QED) is 0.826. The van der Waals surface area contributed by atoms with Gasteiger partial charge in [0.2, 0.25) is 11.8 Å². The van der Waals surface area contributed by atoms with E-state index in [1.807, 2.05) is 0 Å². The summed E-state index contributed by atoms with van der Waals surface area (Å²) in [5.41, 5.74) is -0.313. The van der Waals surface area contributed by atoms with Crippen molar-refractivity contribution in [1.29, 1.82) is 0 Å². The maximum absolute atomic E-state index is 12.9. The van der Waals surface area contributed by atoms with E-state index in [-0.39, 0.29) is 30.5 Å². The highest BCUT2D eigenvalue weighted by atomic mass is 32.1. The van der Waals surface area contributed by atoms with Gasteiger partial charge >= 0.3 is 5.97 Å². The molecule has 1 fully saturated rings. The van der Waals surface area contributed by atoms with Crippen molar-refractivity contribution in [3.05, 3.63) is 17.0 Å². The molecule has 6 nitrogen and oxygen atoms in total. The molecular formula is C16H19F2N3O3S. The van der Waals surface area contributed by atoms with E-state index in [0.717, 1.165) is 5.69 Å². The first-order valence-electron chi connectivity index (χ1n) is 7.98. The van der Waals surface area contributed by atoms with Crippen molar-refractivity contribution in [2.24, 2.45) is 11.3 Å². The van der Waals surface area contributed by atoms with E-state index in [1.165, 1.54) is 11.3 Å². The molecule has 0 amide bonds. The van der Waals surface area contributed by atoms with Crippen molar-refractivity contribution in [2.45, 2.75) is 51.9 Å². The Morgan fingerprint density at radius 1 is 1.48 bits per heavy atom. The van der Waals surface area contributed by atoms with Crippen LogP contribution in [0.5, 0.6) is 0 Å². The number of halogens is 2. The number of carboxylic acids is 1. The molecule has 0 saturated heterocycles. The predicted octanol–water partition coefficient (Wildman–Crippen LogP) is 4.00. The second-order valence-corrected chi connectivity index (χ2v) is 8.03. The number of thiazole rings is 1. The number of alkyl halides is 2. The summed E-state index contributed by atoms with van der Waals surface area (Å²) in [7, 11) is 0. The first-order chi connectivity index (χ1) is 11.6. The van der Waals surface area contributed by atoms with Crippen LogP contribution < -0.4 is 0 Å². The molecule has 2 aromatic rings. The molecule has 1 aliphatic rings. The Labute approximate surface area is 147 Å². The fraction of sp³-hybridized carbons (Fsp3) is 0.625.